The van der Waals surface area contributed by atoms with Crippen LogP contribution < -0.4 is 4.72 Å². The number of carbonyl (C=O) groups is 1. The van der Waals surface area contributed by atoms with Gasteiger partial charge in [-0.1, -0.05) is 30.3 Å². The molecule has 6 heteroatoms. The molecule has 0 bridgehead atoms. The van der Waals surface area contributed by atoms with E-state index in [9.17, 15) is 13.2 Å². The average Bonchev–Trinajstić information content (AvgIpc) is 2.62. The quantitative estimate of drug-likeness (QED) is 0.892. The van der Waals surface area contributed by atoms with Crippen molar-refractivity contribution >= 4 is 21.6 Å². The third-order valence-corrected chi connectivity index (χ3v) is 5.51. The smallest absolute Gasteiger partial charge is 0.253 e. The Balaban J connectivity index is 1.64. The molecule has 1 aliphatic heterocycles. The second-order valence-corrected chi connectivity index (χ2v) is 8.00. The standard InChI is InChI=1S/C19H22N2O3S/c22-19(21-13-5-2-6-14-21)17-9-11-18(12-10-17)20-25(23,24)15-16-7-3-1-4-8-16/h1,3-4,7-12,20H,2,5-6,13-15H2. The molecule has 132 valence electrons. The molecular weight excluding hydrogens is 336 g/mol. The summed E-state index contributed by atoms with van der Waals surface area (Å²) in [5.41, 5.74) is 1.78. The van der Waals surface area contributed by atoms with Crippen LogP contribution in [0.4, 0.5) is 5.69 Å². The first-order chi connectivity index (χ1) is 12.0. The first-order valence-corrected chi connectivity index (χ1v) is 10.1. The van der Waals surface area contributed by atoms with Crippen molar-refractivity contribution in [2.24, 2.45) is 0 Å². The van der Waals surface area contributed by atoms with Gasteiger partial charge in [0, 0.05) is 24.3 Å². The van der Waals surface area contributed by atoms with Crippen molar-refractivity contribution in [1.82, 2.24) is 4.90 Å². The molecule has 2 aromatic rings. The summed E-state index contributed by atoms with van der Waals surface area (Å²) in [6.45, 7) is 1.59. The van der Waals surface area contributed by atoms with Crippen LogP contribution in [0.15, 0.2) is 54.6 Å². The topological polar surface area (TPSA) is 66.5 Å². The Kier molecular flexibility index (Phi) is 5.38. The fourth-order valence-corrected chi connectivity index (χ4v) is 4.17. The van der Waals surface area contributed by atoms with Crippen molar-refractivity contribution < 1.29 is 13.2 Å². The van der Waals surface area contributed by atoms with Gasteiger partial charge in [0.25, 0.3) is 5.91 Å². The van der Waals surface area contributed by atoms with Crippen molar-refractivity contribution in [2.75, 3.05) is 17.8 Å². The fourth-order valence-electron chi connectivity index (χ4n) is 2.97. The summed E-state index contributed by atoms with van der Waals surface area (Å²) in [5, 5.41) is 0. The molecule has 5 nitrogen and oxygen atoms in total. The van der Waals surface area contributed by atoms with Crippen molar-refractivity contribution in [3.63, 3.8) is 0 Å². The van der Waals surface area contributed by atoms with Gasteiger partial charge in [-0.05, 0) is 49.1 Å². The molecule has 1 fully saturated rings. The normalized spacial score (nSPS) is 15.0. The molecule has 2 aromatic carbocycles. The van der Waals surface area contributed by atoms with Gasteiger partial charge in [-0.3, -0.25) is 9.52 Å². The number of rotatable bonds is 5. The molecule has 0 atom stereocenters. The van der Waals surface area contributed by atoms with Gasteiger partial charge >= 0.3 is 0 Å². The second kappa shape index (κ2) is 7.70. The number of piperidine rings is 1. The number of benzene rings is 2. The Labute approximate surface area is 148 Å². The summed E-state index contributed by atoms with van der Waals surface area (Å²) in [5.74, 6) is -0.0687. The maximum Gasteiger partial charge on any atom is 0.253 e. The highest BCUT2D eigenvalue weighted by Crippen LogP contribution is 2.17. The second-order valence-electron chi connectivity index (χ2n) is 6.28. The molecule has 0 unspecified atom stereocenters. The van der Waals surface area contributed by atoms with Gasteiger partial charge in [-0.15, -0.1) is 0 Å². The Bertz CT molecular complexity index is 812. The number of sulfonamides is 1. The zero-order chi connectivity index (χ0) is 17.7. The van der Waals surface area contributed by atoms with E-state index in [4.69, 9.17) is 0 Å². The lowest BCUT2D eigenvalue weighted by atomic mass is 10.1. The summed E-state index contributed by atoms with van der Waals surface area (Å²) in [4.78, 5) is 14.3. The van der Waals surface area contributed by atoms with Crippen molar-refractivity contribution in [1.29, 1.82) is 0 Å². The Hall–Kier alpha value is -2.34. The first-order valence-electron chi connectivity index (χ1n) is 8.47. The Morgan fingerprint density at radius 3 is 2.20 bits per heavy atom. The number of hydrogen-bond donors (Lipinski definition) is 1. The molecule has 0 aromatic heterocycles. The predicted molar refractivity (Wildman–Crippen MR) is 98.9 cm³/mol. The number of hydrogen-bond acceptors (Lipinski definition) is 3. The molecule has 0 aliphatic carbocycles. The van der Waals surface area contributed by atoms with E-state index in [1.165, 1.54) is 6.42 Å². The van der Waals surface area contributed by atoms with Crippen LogP contribution in [0.3, 0.4) is 0 Å². The minimum Gasteiger partial charge on any atom is -0.339 e. The number of amides is 1. The van der Waals surface area contributed by atoms with Crippen LogP contribution in [0.1, 0.15) is 35.2 Å². The van der Waals surface area contributed by atoms with Gasteiger partial charge in [-0.2, -0.15) is 0 Å². The largest absolute Gasteiger partial charge is 0.339 e. The van der Waals surface area contributed by atoms with E-state index < -0.39 is 10.0 Å². The molecule has 1 N–H and O–H groups in total. The van der Waals surface area contributed by atoms with Crippen molar-refractivity contribution in [3.8, 4) is 0 Å². The first kappa shape index (κ1) is 17.5. The molecule has 25 heavy (non-hydrogen) atoms. The van der Waals surface area contributed by atoms with E-state index >= 15 is 0 Å². The maximum atomic E-state index is 12.4. The average molecular weight is 358 g/mol. The molecule has 1 aliphatic rings. The molecule has 0 radical (unpaired) electrons. The van der Waals surface area contributed by atoms with Gasteiger partial charge in [0.05, 0.1) is 5.75 Å². The third kappa shape index (κ3) is 4.82. The Morgan fingerprint density at radius 1 is 0.920 bits per heavy atom. The van der Waals surface area contributed by atoms with Crippen LogP contribution in [-0.2, 0) is 15.8 Å². The van der Waals surface area contributed by atoms with E-state index in [-0.39, 0.29) is 11.7 Å². The fraction of sp³-hybridized carbons (Fsp3) is 0.316. The highest BCUT2D eigenvalue weighted by molar-refractivity contribution is 7.91. The van der Waals surface area contributed by atoms with Crippen LogP contribution in [0.25, 0.3) is 0 Å². The molecule has 0 saturated carbocycles. The van der Waals surface area contributed by atoms with E-state index in [2.05, 4.69) is 4.72 Å². The summed E-state index contributed by atoms with van der Waals surface area (Å²) >= 11 is 0. The van der Waals surface area contributed by atoms with E-state index in [0.29, 0.717) is 11.3 Å². The lowest BCUT2D eigenvalue weighted by Crippen LogP contribution is -2.35. The van der Waals surface area contributed by atoms with Crippen LogP contribution in [0.5, 0.6) is 0 Å². The van der Waals surface area contributed by atoms with Gasteiger partial charge in [0.1, 0.15) is 0 Å². The molecular formula is C19H22N2O3S. The number of carbonyl (C=O) groups excluding carboxylic acids is 1. The SMILES string of the molecule is O=C(c1ccc(NS(=O)(=O)Cc2ccccc2)cc1)N1CCCCC1. The van der Waals surface area contributed by atoms with Crippen LogP contribution in [0, 0.1) is 0 Å². The monoisotopic (exact) mass is 358 g/mol. The minimum absolute atomic E-state index is 0.0124. The molecule has 3 rings (SSSR count). The van der Waals surface area contributed by atoms with E-state index in [0.717, 1.165) is 31.5 Å². The zero-order valence-corrected chi connectivity index (χ0v) is 14.8. The Morgan fingerprint density at radius 2 is 1.56 bits per heavy atom. The van der Waals surface area contributed by atoms with Crippen LogP contribution in [-0.4, -0.2) is 32.3 Å². The molecule has 0 spiro atoms. The predicted octanol–water partition coefficient (Wildman–Crippen LogP) is 3.25. The summed E-state index contributed by atoms with van der Waals surface area (Å²) in [6.07, 6.45) is 3.26. The minimum atomic E-state index is -3.49. The summed E-state index contributed by atoms with van der Waals surface area (Å²) in [6, 6.07) is 15.7. The van der Waals surface area contributed by atoms with Gasteiger partial charge in [0.2, 0.25) is 10.0 Å². The lowest BCUT2D eigenvalue weighted by Gasteiger charge is -2.26. The molecule has 1 heterocycles. The van der Waals surface area contributed by atoms with Crippen LogP contribution >= 0.6 is 0 Å². The highest BCUT2D eigenvalue weighted by Gasteiger charge is 2.18. The van der Waals surface area contributed by atoms with Crippen molar-refractivity contribution in [3.05, 3.63) is 65.7 Å². The summed E-state index contributed by atoms with van der Waals surface area (Å²) < 4.78 is 27.1. The molecule has 1 amide bonds. The van der Waals surface area contributed by atoms with Crippen LogP contribution in [0.2, 0.25) is 0 Å². The zero-order valence-electron chi connectivity index (χ0n) is 14.0. The molecule has 1 saturated heterocycles. The van der Waals surface area contributed by atoms with E-state index in [1.807, 2.05) is 23.1 Å². The van der Waals surface area contributed by atoms with Gasteiger partial charge in [0.15, 0.2) is 0 Å². The lowest BCUT2D eigenvalue weighted by molar-refractivity contribution is 0.0724. The number of anilines is 1. The van der Waals surface area contributed by atoms with Gasteiger partial charge < -0.3 is 4.90 Å². The third-order valence-electron chi connectivity index (χ3n) is 4.25. The van der Waals surface area contributed by atoms with Gasteiger partial charge in [-0.25, -0.2) is 8.42 Å². The highest BCUT2D eigenvalue weighted by atomic mass is 32.2. The van der Waals surface area contributed by atoms with E-state index in [1.54, 1.807) is 36.4 Å². The summed E-state index contributed by atoms with van der Waals surface area (Å²) in [7, 11) is -3.49. The number of likely N-dealkylation sites (tertiary alicyclic amines) is 1. The maximum absolute atomic E-state index is 12.4. The number of nitrogens with zero attached hydrogens (tertiary/aromatic N) is 1. The number of nitrogens with one attached hydrogen (secondary N) is 1. The van der Waals surface area contributed by atoms with Crippen molar-refractivity contribution in [2.45, 2.75) is 25.0 Å².